The van der Waals surface area contributed by atoms with Crippen LogP contribution >= 0.6 is 0 Å². The molecule has 2 unspecified atom stereocenters. The third-order valence-corrected chi connectivity index (χ3v) is 7.09. The van der Waals surface area contributed by atoms with Crippen LogP contribution in [0.25, 0.3) is 0 Å². The van der Waals surface area contributed by atoms with Crippen molar-refractivity contribution < 1.29 is 10.2 Å². The fourth-order valence-corrected chi connectivity index (χ4v) is 5.96. The highest BCUT2D eigenvalue weighted by Gasteiger charge is 2.39. The van der Waals surface area contributed by atoms with Crippen molar-refractivity contribution in [3.8, 4) is 0 Å². The molecule has 22 heavy (non-hydrogen) atoms. The highest BCUT2D eigenvalue weighted by Crippen LogP contribution is 2.48. The largest absolute Gasteiger partial charge is 0.393 e. The smallest absolute Gasteiger partial charge is 0.0540 e. The summed E-state index contributed by atoms with van der Waals surface area (Å²) in [6, 6.07) is 0. The van der Waals surface area contributed by atoms with Crippen molar-refractivity contribution in [2.75, 3.05) is 0 Å². The summed E-state index contributed by atoms with van der Waals surface area (Å²) in [5.74, 6) is 4.40. The summed E-state index contributed by atoms with van der Waals surface area (Å²) < 4.78 is 0. The summed E-state index contributed by atoms with van der Waals surface area (Å²) in [4.78, 5) is 0. The van der Waals surface area contributed by atoms with Crippen molar-refractivity contribution in [2.24, 2.45) is 29.6 Å². The van der Waals surface area contributed by atoms with E-state index >= 15 is 0 Å². The Morgan fingerprint density at radius 2 is 1.14 bits per heavy atom. The first kappa shape index (κ1) is 16.8. The number of aliphatic hydroxyl groups excluding tert-OH is 2. The van der Waals surface area contributed by atoms with E-state index < -0.39 is 0 Å². The van der Waals surface area contributed by atoms with Crippen molar-refractivity contribution in [3.63, 3.8) is 0 Å². The van der Waals surface area contributed by atoms with Crippen LogP contribution in [0.3, 0.4) is 0 Å². The Labute approximate surface area is 136 Å². The summed E-state index contributed by atoms with van der Waals surface area (Å²) in [7, 11) is 0. The Morgan fingerprint density at radius 1 is 0.636 bits per heavy atom. The van der Waals surface area contributed by atoms with Gasteiger partial charge in [-0.05, 0) is 87.4 Å². The number of hydrogen-bond donors (Lipinski definition) is 2. The molecule has 2 N–H and O–H groups in total. The van der Waals surface area contributed by atoms with Gasteiger partial charge in [0.2, 0.25) is 0 Å². The van der Waals surface area contributed by atoms with Gasteiger partial charge in [0.1, 0.15) is 0 Å². The number of hydrogen-bond acceptors (Lipinski definition) is 2. The van der Waals surface area contributed by atoms with Gasteiger partial charge in [-0.3, -0.25) is 0 Å². The van der Waals surface area contributed by atoms with Crippen molar-refractivity contribution in [2.45, 2.75) is 96.2 Å². The van der Waals surface area contributed by atoms with Gasteiger partial charge >= 0.3 is 0 Å². The Balaban J connectivity index is 1.69. The minimum Gasteiger partial charge on any atom is -0.393 e. The molecule has 0 heterocycles. The summed E-state index contributed by atoms with van der Waals surface area (Å²) in [5.41, 5.74) is 0. The standard InChI is InChI=1S/C20H36O2/c1-14-3-2-4-17(13-14)20(15-5-9-18(21)10-6-15)16-7-11-19(22)12-8-16/h14-22H,2-13H2,1H3. The van der Waals surface area contributed by atoms with Crippen LogP contribution in [0, 0.1) is 29.6 Å². The van der Waals surface area contributed by atoms with Crippen LogP contribution < -0.4 is 0 Å². The Bertz CT molecular complexity index is 305. The third kappa shape index (κ3) is 4.06. The molecule has 0 aromatic rings. The lowest BCUT2D eigenvalue weighted by Gasteiger charge is -2.45. The topological polar surface area (TPSA) is 40.5 Å². The normalized spacial score (nSPS) is 45.4. The molecule has 3 aliphatic carbocycles. The molecule has 0 aromatic carbocycles. The zero-order chi connectivity index (χ0) is 15.5. The molecule has 2 nitrogen and oxygen atoms in total. The van der Waals surface area contributed by atoms with E-state index in [4.69, 9.17) is 0 Å². The number of rotatable bonds is 3. The summed E-state index contributed by atoms with van der Waals surface area (Å²) in [6.45, 7) is 2.44. The fourth-order valence-electron chi connectivity index (χ4n) is 5.96. The van der Waals surface area contributed by atoms with E-state index in [1.807, 2.05) is 0 Å². The SMILES string of the molecule is CC1CCCC(C(C2CCC(O)CC2)C2CCC(O)CC2)C1. The molecule has 3 rings (SSSR count). The first-order valence-corrected chi connectivity index (χ1v) is 9.99. The van der Waals surface area contributed by atoms with Crippen molar-refractivity contribution in [3.05, 3.63) is 0 Å². The second-order valence-corrected chi connectivity index (χ2v) is 8.75. The van der Waals surface area contributed by atoms with E-state index in [2.05, 4.69) is 6.92 Å². The van der Waals surface area contributed by atoms with Gasteiger partial charge in [0.15, 0.2) is 0 Å². The maximum Gasteiger partial charge on any atom is 0.0540 e. The van der Waals surface area contributed by atoms with Crippen LogP contribution in [0.1, 0.15) is 84.0 Å². The molecule has 128 valence electrons. The second kappa shape index (κ2) is 7.66. The Kier molecular flexibility index (Phi) is 5.84. The van der Waals surface area contributed by atoms with Crippen molar-refractivity contribution in [1.82, 2.24) is 0 Å². The average molecular weight is 309 g/mol. The van der Waals surface area contributed by atoms with Gasteiger partial charge in [0.05, 0.1) is 12.2 Å². The van der Waals surface area contributed by atoms with Crippen LogP contribution in [-0.2, 0) is 0 Å². The van der Waals surface area contributed by atoms with Gasteiger partial charge in [-0.1, -0.05) is 26.2 Å². The first-order chi connectivity index (χ1) is 10.6. The van der Waals surface area contributed by atoms with Crippen LogP contribution in [0.15, 0.2) is 0 Å². The van der Waals surface area contributed by atoms with Crippen LogP contribution in [0.4, 0.5) is 0 Å². The van der Waals surface area contributed by atoms with Gasteiger partial charge in [0, 0.05) is 0 Å². The monoisotopic (exact) mass is 308 g/mol. The lowest BCUT2D eigenvalue weighted by Crippen LogP contribution is -2.38. The molecular weight excluding hydrogens is 272 g/mol. The third-order valence-electron chi connectivity index (χ3n) is 7.09. The zero-order valence-corrected chi connectivity index (χ0v) is 14.4. The quantitative estimate of drug-likeness (QED) is 0.804. The Morgan fingerprint density at radius 3 is 1.59 bits per heavy atom. The molecule has 0 bridgehead atoms. The number of aliphatic hydroxyl groups is 2. The summed E-state index contributed by atoms with van der Waals surface area (Å²) in [5, 5.41) is 19.7. The Hall–Kier alpha value is -0.0800. The van der Waals surface area contributed by atoms with Gasteiger partial charge < -0.3 is 10.2 Å². The van der Waals surface area contributed by atoms with E-state index in [1.54, 1.807) is 0 Å². The molecule has 0 aromatic heterocycles. The van der Waals surface area contributed by atoms with E-state index in [0.29, 0.717) is 0 Å². The van der Waals surface area contributed by atoms with Crippen LogP contribution in [0.5, 0.6) is 0 Å². The molecule has 0 saturated heterocycles. The van der Waals surface area contributed by atoms with E-state index in [0.717, 1.165) is 55.3 Å². The summed E-state index contributed by atoms with van der Waals surface area (Å²) in [6.07, 6.45) is 14.7. The molecule has 2 atom stereocenters. The molecule has 0 amide bonds. The predicted octanol–water partition coefficient (Wildman–Crippen LogP) is 4.53. The van der Waals surface area contributed by atoms with Gasteiger partial charge in [-0.25, -0.2) is 0 Å². The molecule has 0 aliphatic heterocycles. The van der Waals surface area contributed by atoms with Gasteiger partial charge in [-0.2, -0.15) is 0 Å². The molecule has 3 fully saturated rings. The zero-order valence-electron chi connectivity index (χ0n) is 14.4. The lowest BCUT2D eigenvalue weighted by molar-refractivity contribution is 0.00863. The van der Waals surface area contributed by atoms with Gasteiger partial charge in [0.25, 0.3) is 0 Å². The maximum atomic E-state index is 9.87. The van der Waals surface area contributed by atoms with Crippen LogP contribution in [-0.4, -0.2) is 22.4 Å². The average Bonchev–Trinajstić information content (AvgIpc) is 2.51. The molecule has 3 saturated carbocycles. The van der Waals surface area contributed by atoms with E-state index in [9.17, 15) is 10.2 Å². The van der Waals surface area contributed by atoms with Crippen LogP contribution in [0.2, 0.25) is 0 Å². The van der Waals surface area contributed by atoms with E-state index in [-0.39, 0.29) is 12.2 Å². The lowest BCUT2D eigenvalue weighted by atomic mass is 9.60. The molecular formula is C20H36O2. The molecule has 0 spiro atoms. The predicted molar refractivity (Wildman–Crippen MR) is 90.5 cm³/mol. The fraction of sp³-hybridized carbons (Fsp3) is 1.00. The van der Waals surface area contributed by atoms with E-state index in [1.165, 1.54) is 51.4 Å². The minimum absolute atomic E-state index is 0.0321. The second-order valence-electron chi connectivity index (χ2n) is 8.75. The van der Waals surface area contributed by atoms with Crippen molar-refractivity contribution in [1.29, 1.82) is 0 Å². The maximum absolute atomic E-state index is 9.87. The molecule has 0 radical (unpaired) electrons. The molecule has 2 heteroatoms. The minimum atomic E-state index is -0.0321. The summed E-state index contributed by atoms with van der Waals surface area (Å²) >= 11 is 0. The molecule has 3 aliphatic rings. The first-order valence-electron chi connectivity index (χ1n) is 9.99. The van der Waals surface area contributed by atoms with Crippen molar-refractivity contribution >= 4 is 0 Å². The van der Waals surface area contributed by atoms with Gasteiger partial charge in [-0.15, -0.1) is 0 Å². The highest BCUT2D eigenvalue weighted by atomic mass is 16.3. The highest BCUT2D eigenvalue weighted by molar-refractivity contribution is 4.90.